The molecule has 1 aromatic rings. The zero-order valence-corrected chi connectivity index (χ0v) is 17.5. The third-order valence-corrected chi connectivity index (χ3v) is 3.16. The van der Waals surface area contributed by atoms with Gasteiger partial charge in [0.2, 0.25) is 0 Å². The quantitative estimate of drug-likeness (QED) is 0.258. The number of benzene rings is 1. The van der Waals surface area contributed by atoms with Gasteiger partial charge in [0, 0.05) is 24.2 Å². The van der Waals surface area contributed by atoms with Gasteiger partial charge in [-0.3, -0.25) is 10.1 Å². The molecule has 1 atom stereocenters. The second-order valence-corrected chi connectivity index (χ2v) is 8.27. The molecule has 0 aliphatic rings. The van der Waals surface area contributed by atoms with Crippen LogP contribution in [0, 0.1) is 22.0 Å². The molecule has 0 bridgehead atoms. The lowest BCUT2D eigenvalue weighted by molar-refractivity contribution is -0.384. The van der Waals surface area contributed by atoms with Gasteiger partial charge in [-0.15, -0.1) is 0 Å². The molecular weight excluding hydrogens is 378 g/mol. The summed E-state index contributed by atoms with van der Waals surface area (Å²) < 4.78 is 10.5. The van der Waals surface area contributed by atoms with E-state index in [0.29, 0.717) is 0 Å². The van der Waals surface area contributed by atoms with Crippen molar-refractivity contribution in [3.63, 3.8) is 0 Å². The molecule has 0 aliphatic heterocycles. The van der Waals surface area contributed by atoms with Crippen molar-refractivity contribution in [2.24, 2.45) is 0 Å². The van der Waals surface area contributed by atoms with Crippen LogP contribution in [0.4, 0.5) is 16.2 Å². The van der Waals surface area contributed by atoms with E-state index in [1.807, 2.05) is 0 Å². The van der Waals surface area contributed by atoms with Gasteiger partial charge in [0.05, 0.1) is 10.5 Å². The Bertz CT molecular complexity index is 840. The molecule has 3 N–H and O–H groups in total. The molecule has 0 saturated heterocycles. The summed E-state index contributed by atoms with van der Waals surface area (Å²) in [7, 11) is 0. The van der Waals surface area contributed by atoms with Crippen molar-refractivity contribution < 1.29 is 24.0 Å². The average molecular weight is 405 g/mol. The maximum absolute atomic E-state index is 12.4. The highest BCUT2D eigenvalue weighted by Crippen LogP contribution is 2.19. The fraction of sp³-hybridized carbons (Fsp3) is 0.500. The van der Waals surface area contributed by atoms with E-state index in [-0.39, 0.29) is 23.4 Å². The number of carbonyl (C=O) groups excluding carboxylic acids is 2. The minimum atomic E-state index is -1.09. The summed E-state index contributed by atoms with van der Waals surface area (Å²) >= 11 is 0. The summed E-state index contributed by atoms with van der Waals surface area (Å²) in [6.07, 6.45) is -0.888. The predicted octanol–water partition coefficient (Wildman–Crippen LogP) is 3.15. The molecule has 1 rings (SSSR count). The number of nitrogens with zero attached hydrogens (tertiary/aromatic N) is 1. The van der Waals surface area contributed by atoms with Crippen molar-refractivity contribution >= 4 is 23.4 Å². The van der Waals surface area contributed by atoms with Gasteiger partial charge in [-0.05, 0) is 47.6 Å². The summed E-state index contributed by atoms with van der Waals surface area (Å²) in [4.78, 5) is 34.8. The second-order valence-electron chi connectivity index (χ2n) is 8.27. The van der Waals surface area contributed by atoms with Gasteiger partial charge in [-0.25, -0.2) is 9.59 Å². The van der Waals surface area contributed by atoms with Gasteiger partial charge < -0.3 is 20.5 Å². The molecule has 9 nitrogen and oxygen atoms in total. The first-order valence-electron chi connectivity index (χ1n) is 8.93. The van der Waals surface area contributed by atoms with Gasteiger partial charge in [0.25, 0.3) is 5.69 Å². The summed E-state index contributed by atoms with van der Waals surface area (Å²) in [6.45, 7) is 10.2. The Morgan fingerprint density at radius 2 is 1.76 bits per heavy atom. The van der Waals surface area contributed by atoms with Crippen molar-refractivity contribution in [3.05, 3.63) is 33.9 Å². The fourth-order valence-electron chi connectivity index (χ4n) is 2.03. The molecule has 0 fully saturated rings. The van der Waals surface area contributed by atoms with Gasteiger partial charge in [-0.1, -0.05) is 11.8 Å². The van der Waals surface area contributed by atoms with Gasteiger partial charge in [-0.2, -0.15) is 0 Å². The van der Waals surface area contributed by atoms with Crippen LogP contribution in [0.2, 0.25) is 0 Å². The van der Waals surface area contributed by atoms with Crippen molar-refractivity contribution in [2.75, 3.05) is 5.73 Å². The number of amides is 1. The monoisotopic (exact) mass is 405 g/mol. The van der Waals surface area contributed by atoms with Crippen molar-refractivity contribution in [2.45, 2.75) is 65.2 Å². The Labute approximate surface area is 170 Å². The number of nitrogen functional groups attached to an aromatic ring is 1. The third kappa shape index (κ3) is 8.97. The minimum absolute atomic E-state index is 0.101. The molecule has 1 aromatic carbocycles. The molecule has 0 aliphatic carbocycles. The van der Waals surface area contributed by atoms with E-state index in [2.05, 4.69) is 17.2 Å². The number of rotatable bonds is 4. The van der Waals surface area contributed by atoms with E-state index < -0.39 is 34.2 Å². The zero-order valence-electron chi connectivity index (χ0n) is 17.5. The highest BCUT2D eigenvalue weighted by Gasteiger charge is 2.28. The number of anilines is 1. The number of nitrogens with two attached hydrogens (primary N) is 1. The van der Waals surface area contributed by atoms with Crippen LogP contribution in [-0.4, -0.2) is 34.2 Å². The number of non-ortho nitro benzene ring substituents is 1. The SMILES string of the molecule is CC(C)(C)OC(=O)NC(CC#Cc1cc([N+](=O)[O-])ccc1N)C(=O)OC(C)(C)C. The lowest BCUT2D eigenvalue weighted by Gasteiger charge is -2.25. The number of hydrogen-bond acceptors (Lipinski definition) is 7. The van der Waals surface area contributed by atoms with Crippen molar-refractivity contribution in [1.29, 1.82) is 0 Å². The van der Waals surface area contributed by atoms with Crippen LogP contribution in [0.25, 0.3) is 0 Å². The Morgan fingerprint density at radius 3 is 2.28 bits per heavy atom. The zero-order chi connectivity index (χ0) is 22.4. The van der Waals surface area contributed by atoms with Crippen molar-refractivity contribution in [3.8, 4) is 11.8 Å². The lowest BCUT2D eigenvalue weighted by atomic mass is 10.1. The molecule has 0 saturated carbocycles. The molecular formula is C20H27N3O6. The molecule has 0 radical (unpaired) electrons. The fourth-order valence-corrected chi connectivity index (χ4v) is 2.03. The minimum Gasteiger partial charge on any atom is -0.458 e. The third-order valence-electron chi connectivity index (χ3n) is 3.16. The summed E-state index contributed by atoms with van der Waals surface area (Å²) in [6, 6.07) is 2.81. The average Bonchev–Trinajstić information content (AvgIpc) is 2.51. The first kappa shape index (κ1) is 23.8. The predicted molar refractivity (Wildman–Crippen MR) is 108 cm³/mol. The standard InChI is InChI=1S/C20H27N3O6/c1-19(2,3)28-17(24)16(22-18(25)29-20(4,5)6)9-7-8-13-12-14(23(26)27)10-11-15(13)21/h10-12,16H,9,21H2,1-6H3,(H,22,25). The summed E-state index contributed by atoms with van der Waals surface area (Å²) in [5.74, 6) is 4.74. The molecule has 9 heteroatoms. The van der Waals surface area contributed by atoms with E-state index in [9.17, 15) is 19.7 Å². The van der Waals surface area contributed by atoms with E-state index in [0.717, 1.165) is 0 Å². The smallest absolute Gasteiger partial charge is 0.408 e. The van der Waals surface area contributed by atoms with E-state index in [1.165, 1.54) is 18.2 Å². The second kappa shape index (κ2) is 9.28. The summed E-state index contributed by atoms with van der Waals surface area (Å²) in [5, 5.41) is 13.3. The van der Waals surface area contributed by atoms with Crippen LogP contribution in [0.5, 0.6) is 0 Å². The Morgan fingerprint density at radius 1 is 1.17 bits per heavy atom. The first-order chi connectivity index (χ1) is 13.2. The number of nitro benzene ring substituents is 1. The van der Waals surface area contributed by atoms with Crippen LogP contribution < -0.4 is 11.1 Å². The summed E-state index contributed by atoms with van der Waals surface area (Å²) in [5.41, 5.74) is 4.64. The molecule has 29 heavy (non-hydrogen) atoms. The largest absolute Gasteiger partial charge is 0.458 e. The molecule has 1 amide bonds. The number of alkyl carbamates (subject to hydrolysis) is 1. The Kier molecular flexibility index (Phi) is 7.60. The molecule has 0 aromatic heterocycles. The lowest BCUT2D eigenvalue weighted by Crippen LogP contribution is -2.45. The maximum Gasteiger partial charge on any atom is 0.408 e. The Hall–Kier alpha value is -3.28. The number of esters is 1. The first-order valence-corrected chi connectivity index (χ1v) is 8.93. The number of nitrogens with one attached hydrogen (secondary N) is 1. The molecule has 0 heterocycles. The number of hydrogen-bond donors (Lipinski definition) is 2. The van der Waals surface area contributed by atoms with E-state index >= 15 is 0 Å². The van der Waals surface area contributed by atoms with Crippen LogP contribution in [0.1, 0.15) is 53.5 Å². The highest BCUT2D eigenvalue weighted by molar-refractivity contribution is 5.82. The van der Waals surface area contributed by atoms with Crippen LogP contribution in [0.3, 0.4) is 0 Å². The number of ether oxygens (including phenoxy) is 2. The van der Waals surface area contributed by atoms with Gasteiger partial charge in [0.15, 0.2) is 0 Å². The Balaban J connectivity index is 3.03. The van der Waals surface area contributed by atoms with E-state index in [4.69, 9.17) is 15.2 Å². The van der Waals surface area contributed by atoms with Gasteiger partial charge >= 0.3 is 12.1 Å². The van der Waals surface area contributed by atoms with Crippen molar-refractivity contribution in [1.82, 2.24) is 5.32 Å². The topological polar surface area (TPSA) is 134 Å². The molecule has 1 unspecified atom stereocenters. The normalized spacial score (nSPS) is 12.2. The van der Waals surface area contributed by atoms with Crippen LogP contribution in [-0.2, 0) is 14.3 Å². The number of carbonyl (C=O) groups is 2. The van der Waals surface area contributed by atoms with Crippen LogP contribution >= 0.6 is 0 Å². The highest BCUT2D eigenvalue weighted by atomic mass is 16.6. The van der Waals surface area contributed by atoms with Crippen LogP contribution in [0.15, 0.2) is 18.2 Å². The number of nitro groups is 1. The van der Waals surface area contributed by atoms with E-state index in [1.54, 1.807) is 41.5 Å². The molecule has 158 valence electrons. The molecule has 0 spiro atoms. The van der Waals surface area contributed by atoms with Gasteiger partial charge in [0.1, 0.15) is 17.2 Å². The maximum atomic E-state index is 12.4.